The van der Waals surface area contributed by atoms with E-state index in [9.17, 15) is 4.79 Å². The normalized spacial score (nSPS) is 11.3. The molecule has 1 heterocycles. The third kappa shape index (κ3) is 5.56. The van der Waals surface area contributed by atoms with Gasteiger partial charge in [-0.05, 0) is 50.9 Å². The third-order valence-corrected chi connectivity index (χ3v) is 3.06. The molecule has 0 unspecified atom stereocenters. The van der Waals surface area contributed by atoms with Gasteiger partial charge in [-0.25, -0.2) is 14.8 Å². The smallest absolute Gasteiger partial charge is 0.407 e. The molecule has 6 nitrogen and oxygen atoms in total. The van der Waals surface area contributed by atoms with E-state index in [1.807, 2.05) is 45.0 Å². The Morgan fingerprint density at radius 3 is 2.70 bits per heavy atom. The largest absolute Gasteiger partial charge is 0.444 e. The minimum atomic E-state index is -0.487. The number of para-hydroxylation sites is 1. The van der Waals surface area contributed by atoms with Crippen molar-refractivity contribution < 1.29 is 9.53 Å². The average molecular weight is 337 g/mol. The molecule has 0 aliphatic carbocycles. The standard InChI is InChI=1S/C16H21ClN4O2/c1-16(2,3)23-15(22)19-10-6-9-18-13-11-7-4-5-8-12(11)20-14(17)21-13/h4-5,7-8H,6,9-10H2,1-3H3,(H,19,22)(H,18,20,21). The van der Waals surface area contributed by atoms with Crippen LogP contribution >= 0.6 is 11.6 Å². The van der Waals surface area contributed by atoms with E-state index in [1.54, 1.807) is 0 Å². The van der Waals surface area contributed by atoms with Crippen molar-refractivity contribution in [2.45, 2.75) is 32.8 Å². The summed E-state index contributed by atoms with van der Waals surface area (Å²) in [5.41, 5.74) is 0.306. The Bertz CT molecular complexity index is 685. The number of carbonyl (C=O) groups excluding carboxylic acids is 1. The molecule has 0 aliphatic rings. The Morgan fingerprint density at radius 2 is 1.96 bits per heavy atom. The Hall–Kier alpha value is -2.08. The first kappa shape index (κ1) is 17.3. The van der Waals surface area contributed by atoms with Crippen molar-refractivity contribution in [3.63, 3.8) is 0 Å². The number of ether oxygens (including phenoxy) is 1. The summed E-state index contributed by atoms with van der Waals surface area (Å²) in [6, 6.07) is 7.65. The van der Waals surface area contributed by atoms with E-state index in [4.69, 9.17) is 16.3 Å². The average Bonchev–Trinajstić information content (AvgIpc) is 2.44. The Labute approximate surface area is 140 Å². The predicted molar refractivity (Wildman–Crippen MR) is 91.9 cm³/mol. The van der Waals surface area contributed by atoms with Gasteiger partial charge in [-0.3, -0.25) is 0 Å². The number of rotatable bonds is 5. The number of fused-ring (bicyclic) bond motifs is 1. The number of nitrogens with one attached hydrogen (secondary N) is 2. The second-order valence-electron chi connectivity index (χ2n) is 6.07. The highest BCUT2D eigenvalue weighted by atomic mass is 35.5. The number of carbonyl (C=O) groups is 1. The quantitative estimate of drug-likeness (QED) is 0.644. The van der Waals surface area contributed by atoms with Crippen LogP contribution in [0.15, 0.2) is 24.3 Å². The fourth-order valence-corrected chi connectivity index (χ4v) is 2.16. The summed E-state index contributed by atoms with van der Waals surface area (Å²) in [4.78, 5) is 19.9. The molecule has 1 amide bonds. The molecule has 7 heteroatoms. The molecule has 0 aliphatic heterocycles. The zero-order chi connectivity index (χ0) is 16.9. The van der Waals surface area contributed by atoms with Crippen molar-refractivity contribution in [2.75, 3.05) is 18.4 Å². The molecule has 124 valence electrons. The monoisotopic (exact) mass is 336 g/mol. The molecule has 0 spiro atoms. The van der Waals surface area contributed by atoms with Crippen molar-refractivity contribution in [2.24, 2.45) is 0 Å². The van der Waals surface area contributed by atoms with Crippen molar-refractivity contribution >= 4 is 34.4 Å². The summed E-state index contributed by atoms with van der Waals surface area (Å²) in [6.45, 7) is 6.65. The number of hydrogen-bond acceptors (Lipinski definition) is 5. The maximum Gasteiger partial charge on any atom is 0.407 e. The molecular formula is C16H21ClN4O2. The van der Waals surface area contributed by atoms with Crippen LogP contribution in [0, 0.1) is 0 Å². The van der Waals surface area contributed by atoms with Crippen LogP contribution in [0.3, 0.4) is 0 Å². The van der Waals surface area contributed by atoms with E-state index in [1.165, 1.54) is 0 Å². The van der Waals surface area contributed by atoms with Crippen LogP contribution in [0.25, 0.3) is 10.9 Å². The number of aromatic nitrogens is 2. The van der Waals surface area contributed by atoms with Gasteiger partial charge in [-0.1, -0.05) is 12.1 Å². The summed E-state index contributed by atoms with van der Waals surface area (Å²) in [5.74, 6) is 0.692. The van der Waals surface area contributed by atoms with Crippen LogP contribution in [0.2, 0.25) is 5.28 Å². The topological polar surface area (TPSA) is 76.1 Å². The van der Waals surface area contributed by atoms with E-state index in [0.29, 0.717) is 18.9 Å². The van der Waals surface area contributed by atoms with E-state index < -0.39 is 11.7 Å². The summed E-state index contributed by atoms with van der Waals surface area (Å²) in [5, 5.41) is 7.06. The number of benzene rings is 1. The lowest BCUT2D eigenvalue weighted by Crippen LogP contribution is -2.33. The first-order valence-corrected chi connectivity index (χ1v) is 7.86. The summed E-state index contributed by atoms with van der Waals surface area (Å²) < 4.78 is 5.17. The van der Waals surface area contributed by atoms with Crippen LogP contribution in [-0.2, 0) is 4.74 Å². The summed E-state index contributed by atoms with van der Waals surface area (Å²) in [6.07, 6.45) is 0.322. The fourth-order valence-electron chi connectivity index (χ4n) is 1.98. The maximum absolute atomic E-state index is 11.5. The van der Waals surface area contributed by atoms with Gasteiger partial charge in [0.15, 0.2) is 0 Å². The molecule has 2 N–H and O–H groups in total. The molecule has 0 bridgehead atoms. The van der Waals surface area contributed by atoms with Crippen molar-refractivity contribution in [3.8, 4) is 0 Å². The SMILES string of the molecule is CC(C)(C)OC(=O)NCCCNc1nc(Cl)nc2ccccc12. The number of anilines is 1. The summed E-state index contributed by atoms with van der Waals surface area (Å²) >= 11 is 5.93. The zero-order valence-electron chi connectivity index (χ0n) is 13.5. The molecule has 0 fully saturated rings. The van der Waals surface area contributed by atoms with Crippen LogP contribution in [0.5, 0.6) is 0 Å². The molecule has 2 rings (SSSR count). The first-order valence-electron chi connectivity index (χ1n) is 7.48. The Balaban J connectivity index is 1.82. The van der Waals surface area contributed by atoms with E-state index in [-0.39, 0.29) is 5.28 Å². The van der Waals surface area contributed by atoms with Gasteiger partial charge in [0, 0.05) is 18.5 Å². The lowest BCUT2D eigenvalue weighted by Gasteiger charge is -2.19. The first-order chi connectivity index (χ1) is 10.8. The zero-order valence-corrected chi connectivity index (χ0v) is 14.3. The van der Waals surface area contributed by atoms with E-state index >= 15 is 0 Å². The molecular weight excluding hydrogens is 316 g/mol. The summed E-state index contributed by atoms with van der Waals surface area (Å²) in [7, 11) is 0. The van der Waals surface area contributed by atoms with E-state index in [2.05, 4.69) is 20.6 Å². The third-order valence-electron chi connectivity index (χ3n) is 2.89. The maximum atomic E-state index is 11.5. The lowest BCUT2D eigenvalue weighted by atomic mass is 10.2. The van der Waals surface area contributed by atoms with Gasteiger partial charge in [0.1, 0.15) is 11.4 Å². The second-order valence-corrected chi connectivity index (χ2v) is 6.41. The number of nitrogens with zero attached hydrogens (tertiary/aromatic N) is 2. The molecule has 0 saturated carbocycles. The minimum absolute atomic E-state index is 0.207. The number of amides is 1. The number of hydrogen-bond donors (Lipinski definition) is 2. The van der Waals surface area contributed by atoms with Gasteiger partial charge in [-0.15, -0.1) is 0 Å². The molecule has 0 atom stereocenters. The highest BCUT2D eigenvalue weighted by molar-refractivity contribution is 6.28. The van der Waals surface area contributed by atoms with Crippen molar-refractivity contribution in [3.05, 3.63) is 29.5 Å². The van der Waals surface area contributed by atoms with Crippen molar-refractivity contribution in [1.82, 2.24) is 15.3 Å². The number of alkyl carbamates (subject to hydrolysis) is 1. The van der Waals surface area contributed by atoms with Gasteiger partial charge in [0.2, 0.25) is 5.28 Å². The van der Waals surface area contributed by atoms with Crippen LogP contribution in [0.4, 0.5) is 10.6 Å². The Morgan fingerprint density at radius 1 is 1.22 bits per heavy atom. The minimum Gasteiger partial charge on any atom is -0.444 e. The van der Waals surface area contributed by atoms with Crippen molar-refractivity contribution in [1.29, 1.82) is 0 Å². The van der Waals surface area contributed by atoms with Crippen LogP contribution < -0.4 is 10.6 Å². The molecule has 1 aromatic heterocycles. The molecule has 0 radical (unpaired) electrons. The van der Waals surface area contributed by atoms with Crippen LogP contribution in [-0.4, -0.2) is 34.8 Å². The second kappa shape index (κ2) is 7.46. The van der Waals surface area contributed by atoms with Gasteiger partial charge >= 0.3 is 6.09 Å². The van der Waals surface area contributed by atoms with Gasteiger partial charge in [0.25, 0.3) is 0 Å². The molecule has 2 aromatic rings. The highest BCUT2D eigenvalue weighted by Gasteiger charge is 2.15. The predicted octanol–water partition coefficient (Wildman–Crippen LogP) is 3.61. The highest BCUT2D eigenvalue weighted by Crippen LogP contribution is 2.21. The molecule has 23 heavy (non-hydrogen) atoms. The van der Waals surface area contributed by atoms with Crippen LogP contribution in [0.1, 0.15) is 27.2 Å². The molecule has 1 aromatic carbocycles. The Kier molecular flexibility index (Phi) is 5.60. The van der Waals surface area contributed by atoms with E-state index in [0.717, 1.165) is 17.3 Å². The van der Waals surface area contributed by atoms with Gasteiger partial charge in [-0.2, -0.15) is 0 Å². The van der Waals surface area contributed by atoms with Gasteiger partial charge in [0.05, 0.1) is 5.52 Å². The lowest BCUT2D eigenvalue weighted by molar-refractivity contribution is 0.0528. The fraction of sp³-hybridized carbons (Fsp3) is 0.438. The number of halogens is 1. The molecule has 0 saturated heterocycles. The van der Waals surface area contributed by atoms with Gasteiger partial charge < -0.3 is 15.4 Å².